The average Bonchev–Trinajstić information content (AvgIpc) is 2.78. The molecule has 0 spiro atoms. The van der Waals surface area contributed by atoms with Crippen LogP contribution in [0.2, 0.25) is 0 Å². The van der Waals surface area contributed by atoms with E-state index in [-0.39, 0.29) is 12.3 Å². The third-order valence-corrected chi connectivity index (χ3v) is 3.27. The summed E-state index contributed by atoms with van der Waals surface area (Å²) in [4.78, 5) is 11.1. The minimum Gasteiger partial charge on any atom is -0.476 e. The first-order chi connectivity index (χ1) is 9.54. The van der Waals surface area contributed by atoms with E-state index in [0.717, 1.165) is 16.7 Å². The Morgan fingerprint density at radius 3 is 2.55 bits per heavy atom. The van der Waals surface area contributed by atoms with Crippen LogP contribution in [0.1, 0.15) is 32.9 Å². The highest BCUT2D eigenvalue weighted by molar-refractivity contribution is 5.86. The zero-order valence-electron chi connectivity index (χ0n) is 11.8. The molecule has 0 aliphatic heterocycles. The molecule has 6 nitrogen and oxygen atoms in total. The summed E-state index contributed by atoms with van der Waals surface area (Å²) in [5, 5.41) is 16.8. The minimum atomic E-state index is -1.09. The van der Waals surface area contributed by atoms with Gasteiger partial charge in [-0.15, -0.1) is 5.10 Å². The number of carbonyl (C=O) groups is 1. The molecule has 2 rings (SSSR count). The summed E-state index contributed by atoms with van der Waals surface area (Å²) in [6, 6.07) is 6.04. The number of hydrogen-bond donors (Lipinski definition) is 1. The molecule has 1 aromatic heterocycles. The molecule has 0 saturated carbocycles. The Hall–Kier alpha value is -2.21. The third-order valence-electron chi connectivity index (χ3n) is 3.27. The lowest BCUT2D eigenvalue weighted by atomic mass is 10.0. The van der Waals surface area contributed by atoms with Crippen molar-refractivity contribution in [3.05, 3.63) is 46.3 Å². The summed E-state index contributed by atoms with van der Waals surface area (Å²) >= 11 is 0. The van der Waals surface area contributed by atoms with Crippen LogP contribution in [0.5, 0.6) is 0 Å². The quantitative estimate of drug-likeness (QED) is 0.900. The Kier molecular flexibility index (Phi) is 4.14. The Balaban J connectivity index is 2.41. The SMILES string of the molecule is COCc1c(C(=O)O)nnn1Cc1c(C)cccc1C. The van der Waals surface area contributed by atoms with Gasteiger partial charge in [-0.25, -0.2) is 9.48 Å². The van der Waals surface area contributed by atoms with Gasteiger partial charge in [0, 0.05) is 7.11 Å². The van der Waals surface area contributed by atoms with Gasteiger partial charge >= 0.3 is 5.97 Å². The second-order valence-electron chi connectivity index (χ2n) is 4.65. The predicted octanol–water partition coefficient (Wildman–Crippen LogP) is 1.79. The molecule has 0 atom stereocenters. The normalized spacial score (nSPS) is 10.8. The van der Waals surface area contributed by atoms with Gasteiger partial charge < -0.3 is 9.84 Å². The summed E-state index contributed by atoms with van der Waals surface area (Å²) in [6.07, 6.45) is 0. The third kappa shape index (κ3) is 2.70. The molecule has 1 N–H and O–H groups in total. The number of aromatic nitrogens is 3. The van der Waals surface area contributed by atoms with Gasteiger partial charge in [0.1, 0.15) is 0 Å². The van der Waals surface area contributed by atoms with E-state index in [1.165, 1.54) is 7.11 Å². The van der Waals surface area contributed by atoms with Gasteiger partial charge in [-0.3, -0.25) is 0 Å². The number of nitrogens with zero attached hydrogens (tertiary/aromatic N) is 3. The molecule has 20 heavy (non-hydrogen) atoms. The zero-order chi connectivity index (χ0) is 14.7. The van der Waals surface area contributed by atoms with E-state index in [2.05, 4.69) is 10.3 Å². The van der Waals surface area contributed by atoms with Gasteiger partial charge in [-0.2, -0.15) is 0 Å². The molecule has 0 unspecified atom stereocenters. The fourth-order valence-corrected chi connectivity index (χ4v) is 2.15. The van der Waals surface area contributed by atoms with Gasteiger partial charge in [-0.05, 0) is 30.5 Å². The fraction of sp³-hybridized carbons (Fsp3) is 0.357. The molecule has 6 heteroatoms. The fourth-order valence-electron chi connectivity index (χ4n) is 2.15. The van der Waals surface area contributed by atoms with Crippen molar-refractivity contribution in [3.8, 4) is 0 Å². The van der Waals surface area contributed by atoms with Crippen molar-refractivity contribution in [2.24, 2.45) is 0 Å². The van der Waals surface area contributed by atoms with Gasteiger partial charge in [0.15, 0.2) is 5.69 Å². The van der Waals surface area contributed by atoms with Crippen molar-refractivity contribution < 1.29 is 14.6 Å². The maximum atomic E-state index is 11.1. The lowest BCUT2D eigenvalue weighted by Gasteiger charge is -2.11. The largest absolute Gasteiger partial charge is 0.476 e. The number of hydrogen-bond acceptors (Lipinski definition) is 4. The van der Waals surface area contributed by atoms with Crippen LogP contribution in [0.3, 0.4) is 0 Å². The highest BCUT2D eigenvalue weighted by atomic mass is 16.5. The first kappa shape index (κ1) is 14.2. The highest BCUT2D eigenvalue weighted by Crippen LogP contribution is 2.16. The maximum Gasteiger partial charge on any atom is 0.358 e. The maximum absolute atomic E-state index is 11.1. The lowest BCUT2D eigenvalue weighted by molar-refractivity contribution is 0.0684. The number of rotatable bonds is 5. The topological polar surface area (TPSA) is 77.2 Å². The van der Waals surface area contributed by atoms with E-state index in [1.54, 1.807) is 4.68 Å². The summed E-state index contributed by atoms with van der Waals surface area (Å²) < 4.78 is 6.64. The van der Waals surface area contributed by atoms with E-state index in [0.29, 0.717) is 12.2 Å². The number of carboxylic acid groups (broad SMARTS) is 1. The zero-order valence-corrected chi connectivity index (χ0v) is 11.8. The molecule has 0 amide bonds. The Bertz CT molecular complexity index is 614. The van der Waals surface area contributed by atoms with Crippen LogP contribution in [-0.2, 0) is 17.9 Å². The number of aromatic carboxylic acids is 1. The molecule has 106 valence electrons. The smallest absolute Gasteiger partial charge is 0.358 e. The van der Waals surface area contributed by atoms with E-state index < -0.39 is 5.97 Å². The molecule has 0 fully saturated rings. The van der Waals surface area contributed by atoms with Crippen LogP contribution in [0.15, 0.2) is 18.2 Å². The predicted molar refractivity (Wildman–Crippen MR) is 72.7 cm³/mol. The second kappa shape index (κ2) is 5.83. The number of benzene rings is 1. The van der Waals surface area contributed by atoms with Gasteiger partial charge in [0.2, 0.25) is 0 Å². The van der Waals surface area contributed by atoms with Gasteiger partial charge in [0.25, 0.3) is 0 Å². The van der Waals surface area contributed by atoms with E-state index in [1.807, 2.05) is 32.0 Å². The van der Waals surface area contributed by atoms with E-state index in [4.69, 9.17) is 9.84 Å². The van der Waals surface area contributed by atoms with Crippen molar-refractivity contribution in [2.45, 2.75) is 27.0 Å². The Morgan fingerprint density at radius 1 is 1.35 bits per heavy atom. The summed E-state index contributed by atoms with van der Waals surface area (Å²) in [7, 11) is 1.52. The van der Waals surface area contributed by atoms with Crippen molar-refractivity contribution in [2.75, 3.05) is 7.11 Å². The van der Waals surface area contributed by atoms with Crippen molar-refractivity contribution in [1.82, 2.24) is 15.0 Å². The average molecular weight is 275 g/mol. The van der Waals surface area contributed by atoms with Crippen LogP contribution in [0, 0.1) is 13.8 Å². The molecule has 0 saturated heterocycles. The van der Waals surface area contributed by atoms with Crippen LogP contribution < -0.4 is 0 Å². The molecule has 1 aromatic carbocycles. The first-order valence-electron chi connectivity index (χ1n) is 6.24. The van der Waals surface area contributed by atoms with Gasteiger partial charge in [-0.1, -0.05) is 23.4 Å². The van der Waals surface area contributed by atoms with Crippen molar-refractivity contribution >= 4 is 5.97 Å². The first-order valence-corrected chi connectivity index (χ1v) is 6.24. The number of methoxy groups -OCH3 is 1. The molecular weight excluding hydrogens is 258 g/mol. The summed E-state index contributed by atoms with van der Waals surface area (Å²) in [6.45, 7) is 4.69. The summed E-state index contributed by atoms with van der Waals surface area (Å²) in [5.41, 5.74) is 3.81. The molecule has 0 aliphatic carbocycles. The lowest BCUT2D eigenvalue weighted by Crippen LogP contribution is -2.11. The van der Waals surface area contributed by atoms with Crippen LogP contribution in [0.4, 0.5) is 0 Å². The number of ether oxygens (including phenoxy) is 1. The molecule has 0 aliphatic rings. The standard InChI is InChI=1S/C14H17N3O3/c1-9-5-4-6-10(2)11(9)7-17-12(8-20-3)13(14(18)19)15-16-17/h4-6H,7-8H2,1-3H3,(H,18,19). The van der Waals surface area contributed by atoms with Crippen LogP contribution >= 0.6 is 0 Å². The molecule has 2 aromatic rings. The monoisotopic (exact) mass is 275 g/mol. The van der Waals surface area contributed by atoms with Crippen molar-refractivity contribution in [3.63, 3.8) is 0 Å². The number of aryl methyl sites for hydroxylation is 2. The van der Waals surface area contributed by atoms with Crippen LogP contribution in [0.25, 0.3) is 0 Å². The molecule has 0 radical (unpaired) electrons. The Labute approximate surface area is 117 Å². The van der Waals surface area contributed by atoms with Crippen molar-refractivity contribution in [1.29, 1.82) is 0 Å². The minimum absolute atomic E-state index is 0.0573. The molecule has 0 bridgehead atoms. The molecular formula is C14H17N3O3. The summed E-state index contributed by atoms with van der Waals surface area (Å²) in [5.74, 6) is -1.09. The molecule has 1 heterocycles. The number of carboxylic acids is 1. The van der Waals surface area contributed by atoms with Crippen LogP contribution in [-0.4, -0.2) is 33.2 Å². The second-order valence-corrected chi connectivity index (χ2v) is 4.65. The van der Waals surface area contributed by atoms with E-state index >= 15 is 0 Å². The van der Waals surface area contributed by atoms with Gasteiger partial charge in [0.05, 0.1) is 18.8 Å². The van der Waals surface area contributed by atoms with E-state index in [9.17, 15) is 4.79 Å². The Morgan fingerprint density at radius 2 is 2.00 bits per heavy atom. The highest BCUT2D eigenvalue weighted by Gasteiger charge is 2.19.